The van der Waals surface area contributed by atoms with E-state index in [1.165, 1.54) is 0 Å². The highest BCUT2D eigenvalue weighted by Gasteiger charge is 2.21. The van der Waals surface area contributed by atoms with Crippen molar-refractivity contribution >= 4 is 0 Å². The van der Waals surface area contributed by atoms with Gasteiger partial charge in [0, 0.05) is 12.0 Å². The minimum atomic E-state index is -0.445. The second kappa shape index (κ2) is 4.34. The van der Waals surface area contributed by atoms with E-state index in [-0.39, 0.29) is 5.92 Å². The monoisotopic (exact) mass is 222 g/mol. The van der Waals surface area contributed by atoms with Crippen molar-refractivity contribution in [1.82, 2.24) is 0 Å². The highest BCUT2D eigenvalue weighted by atomic mass is 16.5. The fraction of sp³-hybridized carbons (Fsp3) is 0.538. The Morgan fingerprint density at radius 3 is 2.75 bits per heavy atom. The molecule has 2 rings (SSSR count). The average Bonchev–Trinajstić information content (AvgIpc) is 2.74. The lowest BCUT2D eigenvalue weighted by molar-refractivity contribution is 0.126. The Kier molecular flexibility index (Phi) is 3.06. The molecule has 0 saturated heterocycles. The van der Waals surface area contributed by atoms with E-state index in [2.05, 4.69) is 0 Å². The van der Waals surface area contributed by atoms with Crippen molar-refractivity contribution < 1.29 is 14.6 Å². The van der Waals surface area contributed by atoms with Gasteiger partial charge in [0.1, 0.15) is 0 Å². The molecule has 0 amide bonds. The predicted molar refractivity (Wildman–Crippen MR) is 62.0 cm³/mol. The van der Waals surface area contributed by atoms with Gasteiger partial charge in [-0.2, -0.15) is 0 Å². The van der Waals surface area contributed by atoms with Crippen LogP contribution in [0.3, 0.4) is 0 Å². The summed E-state index contributed by atoms with van der Waals surface area (Å²) in [5.41, 5.74) is 2.05. The second-order valence-corrected chi connectivity index (χ2v) is 4.50. The summed E-state index contributed by atoms with van der Waals surface area (Å²) in [7, 11) is 1.63. The van der Waals surface area contributed by atoms with Crippen molar-refractivity contribution in [3.63, 3.8) is 0 Å². The van der Waals surface area contributed by atoms with Crippen LogP contribution in [0.15, 0.2) is 12.1 Å². The van der Waals surface area contributed by atoms with Gasteiger partial charge in [0.15, 0.2) is 11.5 Å². The van der Waals surface area contributed by atoms with E-state index >= 15 is 0 Å². The number of hydrogen-bond acceptors (Lipinski definition) is 3. The Morgan fingerprint density at radius 1 is 1.38 bits per heavy atom. The van der Waals surface area contributed by atoms with Crippen molar-refractivity contribution in [3.05, 3.63) is 23.3 Å². The Morgan fingerprint density at radius 2 is 2.12 bits per heavy atom. The first-order chi connectivity index (χ1) is 7.63. The van der Waals surface area contributed by atoms with Crippen LogP contribution in [0.5, 0.6) is 11.5 Å². The fourth-order valence-electron chi connectivity index (χ4n) is 2.00. The largest absolute Gasteiger partial charge is 0.493 e. The Balaban J connectivity index is 2.41. The molecule has 0 aromatic heterocycles. The molecule has 1 atom stereocenters. The maximum absolute atomic E-state index is 10.1. The summed E-state index contributed by atoms with van der Waals surface area (Å²) in [4.78, 5) is 0. The van der Waals surface area contributed by atoms with Gasteiger partial charge < -0.3 is 14.6 Å². The number of hydrogen-bond donors (Lipinski definition) is 1. The van der Waals surface area contributed by atoms with Crippen LogP contribution in [-0.4, -0.2) is 18.8 Å². The van der Waals surface area contributed by atoms with Crippen molar-refractivity contribution in [2.24, 2.45) is 5.92 Å². The molecule has 3 heteroatoms. The fourth-order valence-corrected chi connectivity index (χ4v) is 2.00. The third-order valence-electron chi connectivity index (χ3n) is 2.96. The molecular formula is C13H18O3. The molecule has 1 aromatic carbocycles. The van der Waals surface area contributed by atoms with Gasteiger partial charge in [0.2, 0.25) is 0 Å². The highest BCUT2D eigenvalue weighted by Crippen LogP contribution is 2.39. The van der Waals surface area contributed by atoms with Gasteiger partial charge in [0.25, 0.3) is 0 Å². The van der Waals surface area contributed by atoms with Gasteiger partial charge in [-0.3, -0.25) is 0 Å². The van der Waals surface area contributed by atoms with Gasteiger partial charge in [-0.25, -0.2) is 0 Å². The molecule has 1 unspecified atom stereocenters. The lowest BCUT2D eigenvalue weighted by Crippen LogP contribution is -2.06. The van der Waals surface area contributed by atoms with Crippen molar-refractivity contribution in [2.75, 3.05) is 13.7 Å². The molecule has 1 aliphatic rings. The average molecular weight is 222 g/mol. The minimum absolute atomic E-state index is 0.199. The molecular weight excluding hydrogens is 204 g/mol. The quantitative estimate of drug-likeness (QED) is 0.853. The van der Waals surface area contributed by atoms with Crippen molar-refractivity contribution in [1.29, 1.82) is 0 Å². The van der Waals surface area contributed by atoms with Crippen LogP contribution in [-0.2, 0) is 6.42 Å². The highest BCUT2D eigenvalue weighted by molar-refractivity contribution is 5.51. The molecule has 0 saturated carbocycles. The van der Waals surface area contributed by atoms with E-state index in [4.69, 9.17) is 9.47 Å². The first-order valence-corrected chi connectivity index (χ1v) is 5.65. The molecule has 0 bridgehead atoms. The number of fused-ring (bicyclic) bond motifs is 1. The second-order valence-electron chi connectivity index (χ2n) is 4.50. The third kappa shape index (κ3) is 1.87. The van der Waals surface area contributed by atoms with E-state index in [0.29, 0.717) is 6.61 Å². The number of aliphatic hydroxyl groups excluding tert-OH is 1. The summed E-state index contributed by atoms with van der Waals surface area (Å²) in [6.45, 7) is 4.70. The van der Waals surface area contributed by atoms with E-state index in [0.717, 1.165) is 29.0 Å². The SMILES string of the molecule is COc1cc(C(O)C(C)C)cc2c1OCC2. The van der Waals surface area contributed by atoms with Crippen LogP contribution >= 0.6 is 0 Å². The van der Waals surface area contributed by atoms with Gasteiger partial charge in [-0.1, -0.05) is 13.8 Å². The van der Waals surface area contributed by atoms with Crippen molar-refractivity contribution in [2.45, 2.75) is 26.4 Å². The molecule has 1 N–H and O–H groups in total. The van der Waals surface area contributed by atoms with Gasteiger partial charge in [-0.05, 0) is 23.6 Å². The summed E-state index contributed by atoms with van der Waals surface area (Å²) in [5.74, 6) is 1.76. The summed E-state index contributed by atoms with van der Waals surface area (Å²) < 4.78 is 10.8. The minimum Gasteiger partial charge on any atom is -0.493 e. The number of methoxy groups -OCH3 is 1. The standard InChI is InChI=1S/C13H18O3/c1-8(2)12(14)10-6-9-4-5-16-13(9)11(7-10)15-3/h6-8,12,14H,4-5H2,1-3H3. The third-order valence-corrected chi connectivity index (χ3v) is 2.96. The first kappa shape index (κ1) is 11.3. The normalized spacial score (nSPS) is 15.8. The van der Waals surface area contributed by atoms with E-state index in [1.54, 1.807) is 7.11 Å². The maximum atomic E-state index is 10.1. The number of ether oxygens (including phenoxy) is 2. The molecule has 16 heavy (non-hydrogen) atoms. The Labute approximate surface area is 96.0 Å². The molecule has 1 aromatic rings. The molecule has 0 radical (unpaired) electrons. The van der Waals surface area contributed by atoms with E-state index < -0.39 is 6.10 Å². The van der Waals surface area contributed by atoms with Gasteiger partial charge in [0.05, 0.1) is 19.8 Å². The Hall–Kier alpha value is -1.22. The number of aliphatic hydroxyl groups is 1. The smallest absolute Gasteiger partial charge is 0.164 e. The summed E-state index contributed by atoms with van der Waals surface area (Å²) in [5, 5.41) is 10.1. The van der Waals surface area contributed by atoms with Gasteiger partial charge >= 0.3 is 0 Å². The van der Waals surface area contributed by atoms with E-state index in [9.17, 15) is 5.11 Å². The van der Waals surface area contributed by atoms with Gasteiger partial charge in [-0.15, -0.1) is 0 Å². The zero-order valence-electron chi connectivity index (χ0n) is 9.99. The van der Waals surface area contributed by atoms with Crippen molar-refractivity contribution in [3.8, 4) is 11.5 Å². The molecule has 88 valence electrons. The molecule has 0 spiro atoms. The summed E-state index contributed by atoms with van der Waals surface area (Å²) >= 11 is 0. The number of benzene rings is 1. The van der Waals surface area contributed by atoms with Crippen LogP contribution < -0.4 is 9.47 Å². The van der Waals surface area contributed by atoms with Crippen LogP contribution in [0.25, 0.3) is 0 Å². The van der Waals surface area contributed by atoms with Crippen LogP contribution in [0.2, 0.25) is 0 Å². The van der Waals surface area contributed by atoms with Crippen LogP contribution in [0.1, 0.15) is 31.1 Å². The maximum Gasteiger partial charge on any atom is 0.164 e. The lowest BCUT2D eigenvalue weighted by atomic mass is 9.96. The molecule has 1 heterocycles. The molecule has 0 aliphatic carbocycles. The van der Waals surface area contributed by atoms with Crippen LogP contribution in [0.4, 0.5) is 0 Å². The topological polar surface area (TPSA) is 38.7 Å². The summed E-state index contributed by atoms with van der Waals surface area (Å²) in [6, 6.07) is 3.89. The van der Waals surface area contributed by atoms with E-state index in [1.807, 2.05) is 26.0 Å². The lowest BCUT2D eigenvalue weighted by Gasteiger charge is -2.17. The zero-order valence-corrected chi connectivity index (χ0v) is 9.99. The van der Waals surface area contributed by atoms with Crippen LogP contribution in [0, 0.1) is 5.92 Å². The summed E-state index contributed by atoms with van der Waals surface area (Å²) in [6.07, 6.45) is 0.449. The molecule has 1 aliphatic heterocycles. The predicted octanol–water partition coefficient (Wildman–Crippen LogP) is 2.32. The number of rotatable bonds is 3. The molecule has 0 fully saturated rings. The Bertz CT molecular complexity index is 385. The first-order valence-electron chi connectivity index (χ1n) is 5.65. The molecule has 3 nitrogen and oxygen atoms in total. The zero-order chi connectivity index (χ0) is 11.7.